The number of hydrogen-bond donors (Lipinski definition) is 1. The third-order valence-electron chi connectivity index (χ3n) is 5.94. The highest BCUT2D eigenvalue weighted by atomic mass is 35.5. The molecule has 0 amide bonds. The summed E-state index contributed by atoms with van der Waals surface area (Å²) < 4.78 is 5.27. The zero-order chi connectivity index (χ0) is 20.5. The molecule has 2 aromatic rings. The topological polar surface area (TPSA) is 62.5 Å². The Hall–Kier alpha value is -2.72. The van der Waals surface area contributed by atoms with E-state index in [0.717, 1.165) is 40.3 Å². The number of ether oxygens (including phenoxy) is 1. The van der Waals surface area contributed by atoms with Crippen molar-refractivity contribution in [2.24, 2.45) is 10.9 Å². The molecule has 0 aromatic heterocycles. The third-order valence-corrected chi connectivity index (χ3v) is 6.19. The number of benzene rings is 2. The predicted molar refractivity (Wildman–Crippen MR) is 117 cm³/mol. The zero-order valence-corrected chi connectivity index (χ0v) is 17.2. The number of rotatable bonds is 4. The number of methoxy groups -OCH3 is 1. The summed E-state index contributed by atoms with van der Waals surface area (Å²) in [4.78, 5) is 18.1. The third kappa shape index (κ3) is 3.65. The summed E-state index contributed by atoms with van der Waals surface area (Å²) in [6.45, 7) is 1.95. The summed E-state index contributed by atoms with van der Waals surface area (Å²) in [5.41, 5.74) is 4.62. The molecule has 3 unspecified atom stereocenters. The predicted octanol–water partition coefficient (Wildman–Crippen LogP) is 5.57. The number of nitrogens with one attached hydrogen (secondary N) is 1. The lowest BCUT2D eigenvalue weighted by atomic mass is 9.69. The van der Waals surface area contributed by atoms with Crippen LogP contribution in [-0.4, -0.2) is 24.8 Å². The Bertz CT molecular complexity index is 1010. The first kappa shape index (κ1) is 19.6. The van der Waals surface area contributed by atoms with Gasteiger partial charge in [0.2, 0.25) is 0 Å². The van der Waals surface area contributed by atoms with Gasteiger partial charge in [-0.05, 0) is 54.7 Å². The summed E-state index contributed by atoms with van der Waals surface area (Å²) in [6.07, 6.45) is 2.58. The maximum Gasteiger partial charge on any atom is 0.161 e. The molecule has 4 nitrogen and oxygen atoms in total. The van der Waals surface area contributed by atoms with Crippen LogP contribution in [0.4, 0.5) is 0 Å². The van der Waals surface area contributed by atoms with Gasteiger partial charge in [0.15, 0.2) is 5.78 Å². The molecule has 0 spiro atoms. The largest absolute Gasteiger partial charge is 0.497 e. The molecule has 1 aliphatic carbocycles. The second kappa shape index (κ2) is 7.96. The van der Waals surface area contributed by atoms with Gasteiger partial charge in [0.25, 0.3) is 0 Å². The lowest BCUT2D eigenvalue weighted by Crippen LogP contribution is -2.33. The summed E-state index contributed by atoms with van der Waals surface area (Å²) >= 11 is 6.02. The fourth-order valence-corrected chi connectivity index (χ4v) is 4.58. The lowest BCUT2D eigenvalue weighted by molar-refractivity contribution is -0.116. The SMILES string of the molecule is COc1ccc(C2C3=C(CC(c4ccc(Cl)cc4)CC3=O)N=C(C)C2C=N)cc1. The molecule has 1 N–H and O–H groups in total. The van der Waals surface area contributed by atoms with Gasteiger partial charge in [0.05, 0.1) is 7.11 Å². The molecule has 0 radical (unpaired) electrons. The van der Waals surface area contributed by atoms with E-state index in [0.29, 0.717) is 11.4 Å². The highest BCUT2D eigenvalue weighted by molar-refractivity contribution is 6.30. The molecule has 5 heteroatoms. The maximum atomic E-state index is 13.3. The van der Waals surface area contributed by atoms with E-state index >= 15 is 0 Å². The standard InChI is InChI=1S/C24H23ClN2O2/c1-14-20(13-26)23(16-5-9-19(29-2)10-6-16)24-21(27-14)11-17(12-22(24)28)15-3-7-18(25)8-4-15/h3-10,13,17,20,23,26H,11-12H2,1-2H3. The number of carbonyl (C=O) groups is 1. The highest BCUT2D eigenvalue weighted by Crippen LogP contribution is 2.46. The minimum Gasteiger partial charge on any atom is -0.497 e. The molecular formula is C24H23ClN2O2. The van der Waals surface area contributed by atoms with Crippen LogP contribution in [0.3, 0.4) is 0 Å². The Kier molecular flexibility index (Phi) is 5.37. The molecular weight excluding hydrogens is 384 g/mol. The Labute approximate surface area is 175 Å². The number of aliphatic imine (C=N–C) groups is 1. The molecule has 4 rings (SSSR count). The van der Waals surface area contributed by atoms with Crippen molar-refractivity contribution in [2.75, 3.05) is 7.11 Å². The molecule has 2 aromatic carbocycles. The van der Waals surface area contributed by atoms with E-state index in [1.807, 2.05) is 55.5 Å². The molecule has 0 fully saturated rings. The van der Waals surface area contributed by atoms with Crippen LogP contribution in [0, 0.1) is 11.3 Å². The van der Waals surface area contributed by atoms with Crippen LogP contribution in [0.5, 0.6) is 5.75 Å². The van der Waals surface area contributed by atoms with Crippen molar-refractivity contribution in [1.82, 2.24) is 0 Å². The minimum atomic E-state index is -0.210. The first-order chi connectivity index (χ1) is 14.0. The highest BCUT2D eigenvalue weighted by Gasteiger charge is 2.40. The molecule has 3 atom stereocenters. The van der Waals surface area contributed by atoms with Crippen LogP contribution < -0.4 is 4.74 Å². The molecule has 0 bridgehead atoms. The van der Waals surface area contributed by atoms with Gasteiger partial charge in [-0.15, -0.1) is 0 Å². The Balaban J connectivity index is 1.75. The van der Waals surface area contributed by atoms with Crippen molar-refractivity contribution in [3.05, 3.63) is 76.0 Å². The quantitative estimate of drug-likeness (QED) is 0.674. The fraction of sp³-hybridized carbons (Fsp3) is 0.292. The molecule has 0 saturated heterocycles. The van der Waals surface area contributed by atoms with Crippen molar-refractivity contribution in [3.63, 3.8) is 0 Å². The van der Waals surface area contributed by atoms with Crippen molar-refractivity contribution in [1.29, 1.82) is 5.41 Å². The van der Waals surface area contributed by atoms with Crippen molar-refractivity contribution in [3.8, 4) is 5.75 Å². The number of hydrogen-bond acceptors (Lipinski definition) is 4. The number of carbonyl (C=O) groups excluding carboxylic acids is 1. The van der Waals surface area contributed by atoms with Crippen molar-refractivity contribution >= 4 is 29.3 Å². The van der Waals surface area contributed by atoms with E-state index in [1.54, 1.807) is 7.11 Å². The van der Waals surface area contributed by atoms with Gasteiger partial charge in [0.1, 0.15) is 5.75 Å². The van der Waals surface area contributed by atoms with Crippen LogP contribution in [0.1, 0.15) is 42.7 Å². The van der Waals surface area contributed by atoms with Gasteiger partial charge in [-0.3, -0.25) is 9.79 Å². The van der Waals surface area contributed by atoms with E-state index in [4.69, 9.17) is 26.7 Å². The van der Waals surface area contributed by atoms with E-state index < -0.39 is 0 Å². The average molecular weight is 407 g/mol. The average Bonchev–Trinajstić information content (AvgIpc) is 2.73. The molecule has 1 aliphatic heterocycles. The summed E-state index contributed by atoms with van der Waals surface area (Å²) in [5.74, 6) is 0.606. The van der Waals surface area contributed by atoms with Crippen molar-refractivity contribution in [2.45, 2.75) is 31.6 Å². The summed E-state index contributed by atoms with van der Waals surface area (Å²) in [5, 5.41) is 8.67. The lowest BCUT2D eigenvalue weighted by Gasteiger charge is -2.36. The maximum absolute atomic E-state index is 13.3. The van der Waals surface area contributed by atoms with Crippen LogP contribution >= 0.6 is 11.6 Å². The summed E-state index contributed by atoms with van der Waals surface area (Å²) in [7, 11) is 1.63. The van der Waals surface area contributed by atoms with Gasteiger partial charge in [-0.2, -0.15) is 0 Å². The van der Waals surface area contributed by atoms with Crippen LogP contribution in [0.2, 0.25) is 5.02 Å². The normalized spacial score (nSPS) is 24.0. The van der Waals surface area contributed by atoms with Gasteiger partial charge in [-0.25, -0.2) is 0 Å². The Morgan fingerprint density at radius 2 is 1.72 bits per heavy atom. The minimum absolute atomic E-state index is 0.100. The van der Waals surface area contributed by atoms with Gasteiger partial charge in [-0.1, -0.05) is 35.9 Å². The van der Waals surface area contributed by atoms with E-state index in [2.05, 4.69) is 0 Å². The molecule has 2 aliphatic rings. The zero-order valence-electron chi connectivity index (χ0n) is 16.5. The molecule has 29 heavy (non-hydrogen) atoms. The van der Waals surface area contributed by atoms with Gasteiger partial charge < -0.3 is 10.1 Å². The van der Waals surface area contributed by atoms with Crippen molar-refractivity contribution < 1.29 is 9.53 Å². The van der Waals surface area contributed by atoms with Gasteiger partial charge in [0, 0.05) is 46.5 Å². The Morgan fingerprint density at radius 3 is 2.34 bits per heavy atom. The molecule has 148 valence electrons. The smallest absolute Gasteiger partial charge is 0.161 e. The second-order valence-electron chi connectivity index (χ2n) is 7.64. The first-order valence-electron chi connectivity index (χ1n) is 9.73. The van der Waals surface area contributed by atoms with E-state index in [-0.39, 0.29) is 23.5 Å². The monoisotopic (exact) mass is 406 g/mol. The number of ketones is 1. The number of nitrogens with zero attached hydrogens (tertiary/aromatic N) is 1. The second-order valence-corrected chi connectivity index (χ2v) is 8.07. The molecule has 1 heterocycles. The molecule has 0 saturated carbocycles. The van der Waals surface area contributed by atoms with E-state index in [9.17, 15) is 4.79 Å². The Morgan fingerprint density at radius 1 is 1.07 bits per heavy atom. The fourth-order valence-electron chi connectivity index (χ4n) is 4.45. The van der Waals surface area contributed by atoms with Gasteiger partial charge >= 0.3 is 0 Å². The summed E-state index contributed by atoms with van der Waals surface area (Å²) in [6, 6.07) is 15.5. The van der Waals surface area contributed by atoms with Crippen LogP contribution in [0.25, 0.3) is 0 Å². The van der Waals surface area contributed by atoms with Crippen LogP contribution in [-0.2, 0) is 4.79 Å². The number of halogens is 1. The van der Waals surface area contributed by atoms with E-state index in [1.165, 1.54) is 6.21 Å². The number of allylic oxidation sites excluding steroid dienone is 2. The first-order valence-corrected chi connectivity index (χ1v) is 10.1. The number of Topliss-reactive ketones (excluding diaryl/α,β-unsaturated/α-hetero) is 1. The van der Waals surface area contributed by atoms with Crippen LogP contribution in [0.15, 0.2) is 64.8 Å².